The molecule has 1 heterocycles. The largest absolute Gasteiger partial charge is 0.478 e. The second kappa shape index (κ2) is 5.19. The predicted octanol–water partition coefficient (Wildman–Crippen LogP) is 2.71. The fourth-order valence-corrected chi connectivity index (χ4v) is 2.14. The van der Waals surface area contributed by atoms with E-state index in [0.29, 0.717) is 11.4 Å². The number of anilines is 1. The van der Waals surface area contributed by atoms with Crippen LogP contribution in [0.5, 0.6) is 0 Å². The summed E-state index contributed by atoms with van der Waals surface area (Å²) in [6.45, 7) is 3.62. The molecular weight excluding hydrogens is 264 g/mol. The van der Waals surface area contributed by atoms with Crippen molar-refractivity contribution < 1.29 is 14.7 Å². The van der Waals surface area contributed by atoms with Crippen LogP contribution in [0.4, 0.5) is 5.69 Å². The minimum absolute atomic E-state index is 0.135. The van der Waals surface area contributed by atoms with Crippen LogP contribution in [0.1, 0.15) is 31.4 Å². The molecule has 2 N–H and O–H groups in total. The first-order valence-electron chi connectivity index (χ1n) is 5.55. The standard InChI is InChI=1S/C13H12N2O3S/c1-7-3-4-9(13(17)18)5-10(7)15-12(16)11-6-19-8(2)14-11/h3-6H,1-2H3,(H,15,16)(H,17,18). The molecule has 0 saturated heterocycles. The van der Waals surface area contributed by atoms with Crippen molar-refractivity contribution in [2.24, 2.45) is 0 Å². The summed E-state index contributed by atoms with van der Waals surface area (Å²) in [5, 5.41) is 14.1. The Morgan fingerprint density at radius 3 is 2.63 bits per heavy atom. The summed E-state index contributed by atoms with van der Waals surface area (Å²) in [4.78, 5) is 26.9. The van der Waals surface area contributed by atoms with Gasteiger partial charge in [-0.3, -0.25) is 4.79 Å². The van der Waals surface area contributed by atoms with Crippen molar-refractivity contribution in [3.63, 3.8) is 0 Å². The first-order chi connectivity index (χ1) is 8.97. The van der Waals surface area contributed by atoms with Gasteiger partial charge in [-0.15, -0.1) is 11.3 Å². The van der Waals surface area contributed by atoms with Crippen LogP contribution in [-0.2, 0) is 0 Å². The molecule has 5 nitrogen and oxygen atoms in total. The summed E-state index contributed by atoms with van der Waals surface area (Å²) in [6.07, 6.45) is 0. The van der Waals surface area contributed by atoms with Gasteiger partial charge in [0.25, 0.3) is 5.91 Å². The number of carbonyl (C=O) groups is 2. The van der Waals surface area contributed by atoms with E-state index in [4.69, 9.17) is 5.11 Å². The Hall–Kier alpha value is -2.21. The molecule has 1 aromatic carbocycles. The van der Waals surface area contributed by atoms with Gasteiger partial charge in [0.15, 0.2) is 0 Å². The average molecular weight is 276 g/mol. The third kappa shape index (κ3) is 2.97. The molecule has 2 aromatic rings. The van der Waals surface area contributed by atoms with Gasteiger partial charge >= 0.3 is 5.97 Å². The zero-order valence-electron chi connectivity index (χ0n) is 10.4. The van der Waals surface area contributed by atoms with Crippen LogP contribution >= 0.6 is 11.3 Å². The number of thiazole rings is 1. The molecule has 1 aromatic heterocycles. The van der Waals surface area contributed by atoms with E-state index in [-0.39, 0.29) is 11.5 Å². The number of aromatic nitrogens is 1. The van der Waals surface area contributed by atoms with Gasteiger partial charge < -0.3 is 10.4 Å². The third-order valence-corrected chi connectivity index (χ3v) is 3.36. The molecule has 0 spiro atoms. The van der Waals surface area contributed by atoms with Crippen molar-refractivity contribution in [1.82, 2.24) is 4.98 Å². The van der Waals surface area contributed by atoms with E-state index in [2.05, 4.69) is 10.3 Å². The Bertz CT molecular complexity index is 649. The molecule has 0 fully saturated rings. The molecule has 0 atom stereocenters. The number of hydrogen-bond donors (Lipinski definition) is 2. The second-order valence-electron chi connectivity index (χ2n) is 4.04. The first kappa shape index (κ1) is 13.2. The van der Waals surface area contributed by atoms with E-state index in [1.54, 1.807) is 18.4 Å². The highest BCUT2D eigenvalue weighted by Gasteiger charge is 2.12. The van der Waals surface area contributed by atoms with Gasteiger partial charge in [-0.2, -0.15) is 0 Å². The molecule has 0 saturated carbocycles. The summed E-state index contributed by atoms with van der Waals surface area (Å²) in [6, 6.07) is 4.60. The minimum atomic E-state index is -1.03. The molecule has 0 aliphatic rings. The normalized spacial score (nSPS) is 10.2. The first-order valence-corrected chi connectivity index (χ1v) is 6.43. The number of aromatic carboxylic acids is 1. The molecular formula is C13H12N2O3S. The van der Waals surface area contributed by atoms with Crippen LogP contribution in [-0.4, -0.2) is 22.0 Å². The number of carboxylic acid groups (broad SMARTS) is 1. The lowest BCUT2D eigenvalue weighted by Gasteiger charge is -2.08. The highest BCUT2D eigenvalue weighted by atomic mass is 32.1. The predicted molar refractivity (Wildman–Crippen MR) is 72.9 cm³/mol. The minimum Gasteiger partial charge on any atom is -0.478 e. The van der Waals surface area contributed by atoms with Gasteiger partial charge in [-0.1, -0.05) is 6.07 Å². The van der Waals surface area contributed by atoms with Gasteiger partial charge in [0, 0.05) is 11.1 Å². The van der Waals surface area contributed by atoms with E-state index >= 15 is 0 Å². The number of rotatable bonds is 3. The quantitative estimate of drug-likeness (QED) is 0.903. The van der Waals surface area contributed by atoms with E-state index < -0.39 is 5.97 Å². The van der Waals surface area contributed by atoms with Crippen molar-refractivity contribution in [3.8, 4) is 0 Å². The zero-order chi connectivity index (χ0) is 14.0. The van der Waals surface area contributed by atoms with Gasteiger partial charge in [-0.25, -0.2) is 9.78 Å². The smallest absolute Gasteiger partial charge is 0.335 e. The van der Waals surface area contributed by atoms with E-state index in [1.165, 1.54) is 23.5 Å². The molecule has 6 heteroatoms. The number of carboxylic acids is 1. The lowest BCUT2D eigenvalue weighted by Crippen LogP contribution is -2.14. The van der Waals surface area contributed by atoms with E-state index in [1.807, 2.05) is 6.92 Å². The van der Waals surface area contributed by atoms with Crippen LogP contribution in [0.25, 0.3) is 0 Å². The van der Waals surface area contributed by atoms with Crippen LogP contribution in [0.3, 0.4) is 0 Å². The second-order valence-corrected chi connectivity index (χ2v) is 5.10. The van der Waals surface area contributed by atoms with Crippen molar-refractivity contribution in [3.05, 3.63) is 45.4 Å². The Labute approximate surface area is 113 Å². The lowest BCUT2D eigenvalue weighted by molar-refractivity contribution is 0.0696. The monoisotopic (exact) mass is 276 g/mol. The zero-order valence-corrected chi connectivity index (χ0v) is 11.2. The van der Waals surface area contributed by atoms with E-state index in [0.717, 1.165) is 10.6 Å². The van der Waals surface area contributed by atoms with Crippen molar-refractivity contribution in [2.45, 2.75) is 13.8 Å². The summed E-state index contributed by atoms with van der Waals surface area (Å²) in [7, 11) is 0. The molecule has 2 rings (SSSR count). The molecule has 19 heavy (non-hydrogen) atoms. The maximum atomic E-state index is 11.9. The highest BCUT2D eigenvalue weighted by molar-refractivity contribution is 7.09. The number of carbonyl (C=O) groups excluding carboxylic acids is 1. The summed E-state index contributed by atoms with van der Waals surface area (Å²) < 4.78 is 0. The molecule has 1 amide bonds. The number of aryl methyl sites for hydroxylation is 2. The summed E-state index contributed by atoms with van der Waals surface area (Å²) in [5.41, 5.74) is 1.75. The number of nitrogens with one attached hydrogen (secondary N) is 1. The van der Waals surface area contributed by atoms with Gasteiger partial charge in [0.1, 0.15) is 5.69 Å². The number of hydrogen-bond acceptors (Lipinski definition) is 4. The van der Waals surface area contributed by atoms with Crippen molar-refractivity contribution >= 4 is 28.9 Å². The number of nitrogens with zero attached hydrogens (tertiary/aromatic N) is 1. The third-order valence-electron chi connectivity index (χ3n) is 2.58. The SMILES string of the molecule is Cc1nc(C(=O)Nc2cc(C(=O)O)ccc2C)cs1. The molecule has 0 unspecified atom stereocenters. The Balaban J connectivity index is 2.25. The summed E-state index contributed by atoms with van der Waals surface area (Å²) in [5.74, 6) is -1.37. The Morgan fingerprint density at radius 1 is 1.32 bits per heavy atom. The fraction of sp³-hybridized carbons (Fsp3) is 0.154. The highest BCUT2D eigenvalue weighted by Crippen LogP contribution is 2.18. The summed E-state index contributed by atoms with van der Waals surface area (Å²) >= 11 is 1.39. The van der Waals surface area contributed by atoms with Gasteiger partial charge in [0.05, 0.1) is 10.6 Å². The topological polar surface area (TPSA) is 79.3 Å². The number of amides is 1. The molecule has 0 aliphatic heterocycles. The maximum absolute atomic E-state index is 11.9. The molecule has 0 radical (unpaired) electrons. The maximum Gasteiger partial charge on any atom is 0.335 e. The van der Waals surface area contributed by atoms with Crippen LogP contribution in [0, 0.1) is 13.8 Å². The van der Waals surface area contributed by atoms with Gasteiger partial charge in [-0.05, 0) is 31.5 Å². The molecule has 98 valence electrons. The van der Waals surface area contributed by atoms with Crippen molar-refractivity contribution in [2.75, 3.05) is 5.32 Å². The average Bonchev–Trinajstić information content (AvgIpc) is 2.78. The Kier molecular flexibility index (Phi) is 3.62. The van der Waals surface area contributed by atoms with Crippen LogP contribution in [0.15, 0.2) is 23.6 Å². The lowest BCUT2D eigenvalue weighted by atomic mass is 10.1. The molecule has 0 bridgehead atoms. The Morgan fingerprint density at radius 2 is 2.05 bits per heavy atom. The van der Waals surface area contributed by atoms with E-state index in [9.17, 15) is 9.59 Å². The number of benzene rings is 1. The molecule has 0 aliphatic carbocycles. The van der Waals surface area contributed by atoms with Crippen LogP contribution < -0.4 is 5.32 Å². The van der Waals surface area contributed by atoms with Gasteiger partial charge in [0.2, 0.25) is 0 Å². The fourth-order valence-electron chi connectivity index (χ4n) is 1.54. The van der Waals surface area contributed by atoms with Crippen molar-refractivity contribution in [1.29, 1.82) is 0 Å². The van der Waals surface area contributed by atoms with Crippen LogP contribution in [0.2, 0.25) is 0 Å².